The molecule has 0 amide bonds. The molecule has 0 radical (unpaired) electrons. The number of rotatable bonds is 4. The van der Waals surface area contributed by atoms with E-state index < -0.39 is 0 Å². The summed E-state index contributed by atoms with van der Waals surface area (Å²) in [5.74, 6) is 0.194. The van der Waals surface area contributed by atoms with Crippen molar-refractivity contribution in [2.45, 2.75) is 44.4 Å². The molecule has 100 valence electrons. The van der Waals surface area contributed by atoms with Crippen LogP contribution in [0.25, 0.3) is 0 Å². The summed E-state index contributed by atoms with van der Waals surface area (Å²) in [5, 5.41) is 22.5. The van der Waals surface area contributed by atoms with Crippen LogP contribution in [0.15, 0.2) is 18.2 Å². The Hall–Kier alpha value is -1.26. The lowest BCUT2D eigenvalue weighted by Gasteiger charge is -2.20. The molecule has 1 aromatic carbocycles. The minimum absolute atomic E-state index is 0.0971. The average Bonchev–Trinajstić information content (AvgIpc) is 2.75. The van der Waals surface area contributed by atoms with Crippen LogP contribution in [0.2, 0.25) is 0 Å². The van der Waals surface area contributed by atoms with E-state index in [1.54, 1.807) is 19.2 Å². The Balaban J connectivity index is 1.97. The van der Waals surface area contributed by atoms with Crippen molar-refractivity contribution in [3.05, 3.63) is 23.8 Å². The number of benzene rings is 1. The molecule has 1 aromatic rings. The highest BCUT2D eigenvalue weighted by molar-refractivity contribution is 5.37. The first-order chi connectivity index (χ1) is 8.58. The molecule has 0 heterocycles. The molecule has 4 heteroatoms. The predicted octanol–water partition coefficient (Wildman–Crippen LogP) is 2.32. The Morgan fingerprint density at radius 2 is 1.89 bits per heavy atom. The second-order valence-corrected chi connectivity index (χ2v) is 5.04. The summed E-state index contributed by atoms with van der Waals surface area (Å²) in [6.45, 7) is 2.04. The molecule has 4 nitrogen and oxygen atoms in total. The lowest BCUT2D eigenvalue weighted by atomic mass is 10.1. The van der Waals surface area contributed by atoms with Crippen LogP contribution in [0, 0.1) is 0 Å². The van der Waals surface area contributed by atoms with Crippen LogP contribution < -0.4 is 5.32 Å². The Kier molecular flexibility index (Phi) is 4.09. The summed E-state index contributed by atoms with van der Waals surface area (Å²) in [6.07, 6.45) is 3.57. The molecule has 1 fully saturated rings. The second kappa shape index (κ2) is 5.59. The molecular weight excluding hydrogens is 230 g/mol. The topological polar surface area (TPSA) is 61.7 Å². The molecule has 0 spiro atoms. The average molecular weight is 251 g/mol. The molecule has 0 bridgehead atoms. The van der Waals surface area contributed by atoms with E-state index in [1.165, 1.54) is 6.07 Å². The predicted molar refractivity (Wildman–Crippen MR) is 69.8 cm³/mol. The molecule has 1 aliphatic rings. The standard InChI is InChI=1S/C14H21NO3/c1-9(10-5-12(16)8-13(17)6-10)15-11-3-4-14(7-11)18-2/h5-6,8-9,11,14-17H,3-4,7H2,1-2H3. The van der Waals surface area contributed by atoms with Gasteiger partial charge in [0, 0.05) is 25.3 Å². The molecule has 3 unspecified atom stereocenters. The Labute approximate surface area is 108 Å². The van der Waals surface area contributed by atoms with Gasteiger partial charge in [0.15, 0.2) is 0 Å². The molecule has 3 atom stereocenters. The molecule has 2 rings (SSSR count). The maximum Gasteiger partial charge on any atom is 0.119 e. The van der Waals surface area contributed by atoms with Gasteiger partial charge in [-0.25, -0.2) is 0 Å². The minimum atomic E-state index is 0.0971. The van der Waals surface area contributed by atoms with Gasteiger partial charge in [-0.2, -0.15) is 0 Å². The third kappa shape index (κ3) is 3.15. The summed E-state index contributed by atoms with van der Waals surface area (Å²) in [6, 6.07) is 5.24. The molecule has 3 N–H and O–H groups in total. The number of hydrogen-bond donors (Lipinski definition) is 3. The summed E-state index contributed by atoms with van der Waals surface area (Å²) in [7, 11) is 1.75. The summed E-state index contributed by atoms with van der Waals surface area (Å²) in [4.78, 5) is 0. The summed E-state index contributed by atoms with van der Waals surface area (Å²) >= 11 is 0. The molecule has 1 aliphatic carbocycles. The fraction of sp³-hybridized carbons (Fsp3) is 0.571. The van der Waals surface area contributed by atoms with Crippen LogP contribution in [0.1, 0.15) is 37.8 Å². The van der Waals surface area contributed by atoms with Crippen LogP contribution >= 0.6 is 0 Å². The lowest BCUT2D eigenvalue weighted by Crippen LogP contribution is -2.29. The van der Waals surface area contributed by atoms with Gasteiger partial charge in [-0.3, -0.25) is 0 Å². The second-order valence-electron chi connectivity index (χ2n) is 5.04. The van der Waals surface area contributed by atoms with Crippen LogP contribution in [-0.4, -0.2) is 29.5 Å². The summed E-state index contributed by atoms with van der Waals surface area (Å²) in [5.41, 5.74) is 0.897. The van der Waals surface area contributed by atoms with Crippen LogP contribution in [0.3, 0.4) is 0 Å². The number of nitrogens with one attached hydrogen (secondary N) is 1. The minimum Gasteiger partial charge on any atom is -0.508 e. The quantitative estimate of drug-likeness (QED) is 0.768. The van der Waals surface area contributed by atoms with Crippen molar-refractivity contribution >= 4 is 0 Å². The lowest BCUT2D eigenvalue weighted by molar-refractivity contribution is 0.106. The third-order valence-electron chi connectivity index (χ3n) is 3.63. The van der Waals surface area contributed by atoms with Gasteiger partial charge in [0.2, 0.25) is 0 Å². The first kappa shape index (κ1) is 13.2. The normalized spacial score (nSPS) is 25.2. The maximum absolute atomic E-state index is 9.48. The number of aromatic hydroxyl groups is 2. The van der Waals surface area contributed by atoms with E-state index in [4.69, 9.17) is 4.74 Å². The van der Waals surface area contributed by atoms with Gasteiger partial charge >= 0.3 is 0 Å². The van der Waals surface area contributed by atoms with E-state index >= 15 is 0 Å². The molecule has 0 aromatic heterocycles. The zero-order valence-electron chi connectivity index (χ0n) is 10.9. The van der Waals surface area contributed by atoms with Crippen molar-refractivity contribution in [3.8, 4) is 11.5 Å². The van der Waals surface area contributed by atoms with E-state index in [9.17, 15) is 10.2 Å². The highest BCUT2D eigenvalue weighted by atomic mass is 16.5. The third-order valence-corrected chi connectivity index (χ3v) is 3.63. The van der Waals surface area contributed by atoms with E-state index in [-0.39, 0.29) is 17.5 Å². The smallest absolute Gasteiger partial charge is 0.119 e. The van der Waals surface area contributed by atoms with Crippen molar-refractivity contribution in [2.24, 2.45) is 0 Å². The Morgan fingerprint density at radius 3 is 2.44 bits per heavy atom. The first-order valence-electron chi connectivity index (χ1n) is 6.40. The van der Waals surface area contributed by atoms with Crippen LogP contribution in [0.4, 0.5) is 0 Å². The summed E-state index contributed by atoms with van der Waals surface area (Å²) < 4.78 is 5.35. The van der Waals surface area contributed by atoms with Gasteiger partial charge in [-0.1, -0.05) is 0 Å². The number of phenols is 2. The fourth-order valence-electron chi connectivity index (χ4n) is 2.62. The molecule has 0 aliphatic heterocycles. The monoisotopic (exact) mass is 251 g/mol. The largest absolute Gasteiger partial charge is 0.508 e. The van der Waals surface area contributed by atoms with E-state index in [2.05, 4.69) is 5.32 Å². The Morgan fingerprint density at radius 1 is 1.22 bits per heavy atom. The number of phenolic OH excluding ortho intramolecular Hbond substituents is 2. The van der Waals surface area contributed by atoms with Gasteiger partial charge in [0.25, 0.3) is 0 Å². The Bertz CT molecular complexity index is 388. The first-order valence-corrected chi connectivity index (χ1v) is 6.40. The fourth-order valence-corrected chi connectivity index (χ4v) is 2.62. The van der Waals surface area contributed by atoms with Gasteiger partial charge in [0.1, 0.15) is 11.5 Å². The van der Waals surface area contributed by atoms with Crippen LogP contribution in [0.5, 0.6) is 11.5 Å². The molecule has 1 saturated carbocycles. The highest BCUT2D eigenvalue weighted by Crippen LogP contribution is 2.28. The van der Waals surface area contributed by atoms with Gasteiger partial charge in [-0.05, 0) is 43.9 Å². The maximum atomic E-state index is 9.48. The number of hydrogen-bond acceptors (Lipinski definition) is 4. The number of methoxy groups -OCH3 is 1. The van der Waals surface area contributed by atoms with Crippen molar-refractivity contribution in [3.63, 3.8) is 0 Å². The van der Waals surface area contributed by atoms with Crippen molar-refractivity contribution in [2.75, 3.05) is 7.11 Å². The van der Waals surface area contributed by atoms with Gasteiger partial charge < -0.3 is 20.3 Å². The van der Waals surface area contributed by atoms with Crippen molar-refractivity contribution in [1.29, 1.82) is 0 Å². The highest BCUT2D eigenvalue weighted by Gasteiger charge is 2.25. The molecule has 18 heavy (non-hydrogen) atoms. The number of ether oxygens (including phenoxy) is 1. The van der Waals surface area contributed by atoms with E-state index in [1.807, 2.05) is 6.92 Å². The van der Waals surface area contributed by atoms with Crippen molar-refractivity contribution < 1.29 is 14.9 Å². The van der Waals surface area contributed by atoms with E-state index in [0.29, 0.717) is 12.1 Å². The van der Waals surface area contributed by atoms with Gasteiger partial charge in [0.05, 0.1) is 6.10 Å². The van der Waals surface area contributed by atoms with Crippen LogP contribution in [-0.2, 0) is 4.74 Å². The van der Waals surface area contributed by atoms with E-state index in [0.717, 1.165) is 24.8 Å². The SMILES string of the molecule is COC1CCC(NC(C)c2cc(O)cc(O)c2)C1. The zero-order valence-corrected chi connectivity index (χ0v) is 10.9. The molecule has 0 saturated heterocycles. The van der Waals surface area contributed by atoms with Crippen molar-refractivity contribution in [1.82, 2.24) is 5.32 Å². The molecular formula is C14H21NO3. The zero-order chi connectivity index (χ0) is 13.1. The van der Waals surface area contributed by atoms with Gasteiger partial charge in [-0.15, -0.1) is 0 Å².